The molecule has 0 amide bonds. The highest BCUT2D eigenvalue weighted by Gasteiger charge is 2.07. The van der Waals surface area contributed by atoms with Gasteiger partial charge in [0.1, 0.15) is 0 Å². The van der Waals surface area contributed by atoms with Crippen molar-refractivity contribution in [2.45, 2.75) is 6.92 Å². The molecule has 62 valence electrons. The standard InChI is InChI=1S/C5H7NO3S2/c1-4-2-10-3-5(4)9-11(6,7)8/h2-3H,1H3,(H2,6,7,8). The third kappa shape index (κ3) is 2.49. The van der Waals surface area contributed by atoms with E-state index in [2.05, 4.69) is 9.32 Å². The molecule has 0 saturated heterocycles. The van der Waals surface area contributed by atoms with E-state index in [1.807, 2.05) is 0 Å². The van der Waals surface area contributed by atoms with E-state index < -0.39 is 10.3 Å². The summed E-state index contributed by atoms with van der Waals surface area (Å²) >= 11 is 1.36. The highest BCUT2D eigenvalue weighted by atomic mass is 32.2. The molecule has 0 bridgehead atoms. The van der Waals surface area contributed by atoms with Gasteiger partial charge in [0.15, 0.2) is 5.75 Å². The van der Waals surface area contributed by atoms with Crippen LogP contribution in [0.2, 0.25) is 0 Å². The maximum absolute atomic E-state index is 10.4. The summed E-state index contributed by atoms with van der Waals surface area (Å²) in [7, 11) is -3.86. The van der Waals surface area contributed by atoms with Crippen LogP contribution in [0.4, 0.5) is 0 Å². The van der Waals surface area contributed by atoms with E-state index in [-0.39, 0.29) is 0 Å². The van der Waals surface area contributed by atoms with Gasteiger partial charge >= 0.3 is 10.3 Å². The summed E-state index contributed by atoms with van der Waals surface area (Å²) in [6.07, 6.45) is 0. The van der Waals surface area contributed by atoms with Gasteiger partial charge in [-0.25, -0.2) is 0 Å². The number of hydrogen-bond donors (Lipinski definition) is 1. The molecule has 2 N–H and O–H groups in total. The Balaban J connectivity index is 2.89. The van der Waals surface area contributed by atoms with Gasteiger partial charge in [-0.3, -0.25) is 0 Å². The molecular weight excluding hydrogens is 186 g/mol. The van der Waals surface area contributed by atoms with Gasteiger partial charge in [-0.05, 0) is 12.3 Å². The van der Waals surface area contributed by atoms with Gasteiger partial charge in [0.2, 0.25) is 0 Å². The van der Waals surface area contributed by atoms with Crippen LogP contribution in [0.3, 0.4) is 0 Å². The van der Waals surface area contributed by atoms with E-state index in [1.54, 1.807) is 17.7 Å². The van der Waals surface area contributed by atoms with Crippen LogP contribution in [0.5, 0.6) is 5.75 Å². The molecule has 1 rings (SSSR count). The summed E-state index contributed by atoms with van der Waals surface area (Å²) in [5.41, 5.74) is 0.768. The lowest BCUT2D eigenvalue weighted by atomic mass is 10.4. The van der Waals surface area contributed by atoms with Crippen LogP contribution >= 0.6 is 11.3 Å². The molecule has 0 aliphatic heterocycles. The average molecular weight is 193 g/mol. The maximum Gasteiger partial charge on any atom is 0.380 e. The normalized spacial score (nSPS) is 11.5. The minimum Gasteiger partial charge on any atom is -0.370 e. The van der Waals surface area contributed by atoms with E-state index >= 15 is 0 Å². The number of rotatable bonds is 2. The number of hydrogen-bond acceptors (Lipinski definition) is 4. The van der Waals surface area contributed by atoms with Gasteiger partial charge in [0.25, 0.3) is 0 Å². The predicted molar refractivity (Wildman–Crippen MR) is 42.8 cm³/mol. The van der Waals surface area contributed by atoms with Crippen molar-refractivity contribution in [1.82, 2.24) is 0 Å². The van der Waals surface area contributed by atoms with Crippen molar-refractivity contribution < 1.29 is 12.6 Å². The number of nitrogens with two attached hydrogens (primary N) is 1. The molecule has 6 heteroatoms. The molecule has 1 aromatic rings. The second-order valence-corrected chi connectivity index (χ2v) is 3.89. The van der Waals surface area contributed by atoms with Crippen molar-refractivity contribution >= 4 is 21.6 Å². The molecule has 0 aliphatic rings. The number of aryl methyl sites for hydroxylation is 1. The van der Waals surface area contributed by atoms with E-state index in [9.17, 15) is 8.42 Å². The lowest BCUT2D eigenvalue weighted by Gasteiger charge is -1.98. The van der Waals surface area contributed by atoms with Crippen LogP contribution in [0.15, 0.2) is 10.8 Å². The maximum atomic E-state index is 10.4. The van der Waals surface area contributed by atoms with E-state index in [4.69, 9.17) is 0 Å². The molecule has 0 spiro atoms. The van der Waals surface area contributed by atoms with Crippen molar-refractivity contribution in [3.05, 3.63) is 16.3 Å². The van der Waals surface area contributed by atoms with Crippen molar-refractivity contribution in [3.8, 4) is 5.75 Å². The average Bonchev–Trinajstić information content (AvgIpc) is 2.12. The second kappa shape index (κ2) is 2.80. The molecule has 1 heterocycles. The third-order valence-electron chi connectivity index (χ3n) is 1.01. The Morgan fingerprint density at radius 1 is 1.55 bits per heavy atom. The van der Waals surface area contributed by atoms with Gasteiger partial charge in [0.05, 0.1) is 0 Å². The first-order valence-electron chi connectivity index (χ1n) is 2.74. The van der Waals surface area contributed by atoms with Gasteiger partial charge in [0, 0.05) is 10.9 Å². The molecule has 0 unspecified atom stereocenters. The molecule has 0 aromatic carbocycles. The fourth-order valence-electron chi connectivity index (χ4n) is 0.559. The molecular formula is C5H7NO3S2. The highest BCUT2D eigenvalue weighted by molar-refractivity contribution is 7.84. The first kappa shape index (κ1) is 8.51. The second-order valence-electron chi connectivity index (χ2n) is 2.00. The van der Waals surface area contributed by atoms with Crippen LogP contribution in [-0.2, 0) is 10.3 Å². The molecule has 1 aromatic heterocycles. The van der Waals surface area contributed by atoms with Gasteiger partial charge < -0.3 is 4.18 Å². The Morgan fingerprint density at radius 2 is 2.18 bits per heavy atom. The first-order valence-corrected chi connectivity index (χ1v) is 5.15. The van der Waals surface area contributed by atoms with E-state index in [0.717, 1.165) is 5.56 Å². The smallest absolute Gasteiger partial charge is 0.370 e. The fourth-order valence-corrected chi connectivity index (χ4v) is 1.80. The van der Waals surface area contributed by atoms with E-state index in [0.29, 0.717) is 5.75 Å². The zero-order valence-corrected chi connectivity index (χ0v) is 7.41. The summed E-state index contributed by atoms with van der Waals surface area (Å²) in [4.78, 5) is 0. The summed E-state index contributed by atoms with van der Waals surface area (Å²) in [5.74, 6) is 0.303. The quantitative estimate of drug-likeness (QED) is 0.749. The summed E-state index contributed by atoms with van der Waals surface area (Å²) in [6.45, 7) is 1.75. The highest BCUT2D eigenvalue weighted by Crippen LogP contribution is 2.22. The summed E-state index contributed by atoms with van der Waals surface area (Å²) in [5, 5.41) is 8.01. The first-order chi connectivity index (χ1) is 4.99. The molecule has 0 atom stereocenters. The predicted octanol–water partition coefficient (Wildman–Crippen LogP) is 0.639. The van der Waals surface area contributed by atoms with Crippen molar-refractivity contribution in [1.29, 1.82) is 0 Å². The zero-order valence-electron chi connectivity index (χ0n) is 5.77. The van der Waals surface area contributed by atoms with Crippen LogP contribution in [0.1, 0.15) is 5.56 Å². The van der Waals surface area contributed by atoms with Crippen LogP contribution in [0.25, 0.3) is 0 Å². The van der Waals surface area contributed by atoms with Crippen molar-refractivity contribution in [2.75, 3.05) is 0 Å². The molecule has 0 aliphatic carbocycles. The molecule has 0 saturated carbocycles. The minimum atomic E-state index is -3.86. The Hall–Kier alpha value is -0.590. The molecule has 11 heavy (non-hydrogen) atoms. The van der Waals surface area contributed by atoms with Gasteiger partial charge in [-0.15, -0.1) is 11.3 Å². The van der Waals surface area contributed by atoms with E-state index in [1.165, 1.54) is 11.3 Å². The van der Waals surface area contributed by atoms with Gasteiger partial charge in [-0.1, -0.05) is 0 Å². The van der Waals surface area contributed by atoms with Crippen molar-refractivity contribution in [3.63, 3.8) is 0 Å². The lowest BCUT2D eigenvalue weighted by molar-refractivity contribution is 0.487. The Labute approximate surface area is 68.9 Å². The monoisotopic (exact) mass is 193 g/mol. The van der Waals surface area contributed by atoms with Crippen LogP contribution in [-0.4, -0.2) is 8.42 Å². The number of thiophene rings is 1. The van der Waals surface area contributed by atoms with Crippen LogP contribution in [0, 0.1) is 6.92 Å². The molecule has 0 fully saturated rings. The third-order valence-corrected chi connectivity index (χ3v) is 2.27. The SMILES string of the molecule is Cc1cscc1OS(N)(=O)=O. The molecule has 4 nitrogen and oxygen atoms in total. The summed E-state index contributed by atoms with van der Waals surface area (Å²) < 4.78 is 25.3. The molecule has 0 radical (unpaired) electrons. The van der Waals surface area contributed by atoms with Crippen molar-refractivity contribution in [2.24, 2.45) is 5.14 Å². The van der Waals surface area contributed by atoms with Crippen LogP contribution < -0.4 is 9.32 Å². The Kier molecular flexibility index (Phi) is 2.17. The summed E-state index contributed by atoms with van der Waals surface area (Å²) in [6, 6.07) is 0. The lowest BCUT2D eigenvalue weighted by Crippen LogP contribution is -2.18. The Morgan fingerprint density at radius 3 is 2.55 bits per heavy atom. The Bertz CT molecular complexity index is 340. The zero-order chi connectivity index (χ0) is 8.48. The fraction of sp³-hybridized carbons (Fsp3) is 0.200. The minimum absolute atomic E-state index is 0.303. The topological polar surface area (TPSA) is 69.4 Å². The van der Waals surface area contributed by atoms with Gasteiger partial charge in [-0.2, -0.15) is 13.6 Å². The largest absolute Gasteiger partial charge is 0.380 e.